The second kappa shape index (κ2) is 6.21. The average Bonchev–Trinajstić information content (AvgIpc) is 2.47. The molecule has 1 aromatic rings. The second-order valence-electron chi connectivity index (χ2n) is 4.87. The van der Waals surface area contributed by atoms with Crippen LogP contribution in [0.2, 0.25) is 0 Å². The zero-order chi connectivity index (χ0) is 15.4. The summed E-state index contributed by atoms with van der Waals surface area (Å²) in [7, 11) is 0. The van der Waals surface area contributed by atoms with Crippen LogP contribution in [0.1, 0.15) is 23.2 Å². The largest absolute Gasteiger partial charge is 0.550 e. The van der Waals surface area contributed by atoms with E-state index in [0.717, 1.165) is 0 Å². The van der Waals surface area contributed by atoms with Crippen molar-refractivity contribution in [1.29, 1.82) is 0 Å². The van der Waals surface area contributed by atoms with E-state index in [4.69, 9.17) is 5.73 Å². The Balaban J connectivity index is 2.20. The molecule has 6 heteroatoms. The van der Waals surface area contributed by atoms with Crippen molar-refractivity contribution in [1.82, 2.24) is 0 Å². The van der Waals surface area contributed by atoms with Crippen molar-refractivity contribution in [3.8, 4) is 0 Å². The Morgan fingerprint density at radius 2 is 1.71 bits per heavy atom. The normalized spacial score (nSPS) is 20.8. The number of aliphatic carboxylic acids is 1. The molecule has 0 spiro atoms. The van der Waals surface area contributed by atoms with Crippen LogP contribution in [0.4, 0.5) is 5.69 Å². The Kier molecular flexibility index (Phi) is 4.37. The zero-order valence-corrected chi connectivity index (χ0v) is 11.2. The van der Waals surface area contributed by atoms with Crippen LogP contribution in [0.15, 0.2) is 36.4 Å². The van der Waals surface area contributed by atoms with Crippen molar-refractivity contribution in [2.75, 3.05) is 5.32 Å². The Morgan fingerprint density at radius 3 is 2.33 bits per heavy atom. The number of hydrogen-bond acceptors (Lipinski definition) is 4. The van der Waals surface area contributed by atoms with Crippen LogP contribution >= 0.6 is 0 Å². The minimum Gasteiger partial charge on any atom is -0.550 e. The summed E-state index contributed by atoms with van der Waals surface area (Å²) in [5, 5.41) is 13.7. The number of primary amides is 1. The Morgan fingerprint density at radius 1 is 1.10 bits per heavy atom. The molecular formula is C15H15N2O4-. The van der Waals surface area contributed by atoms with Crippen molar-refractivity contribution < 1.29 is 19.5 Å². The first-order chi connectivity index (χ1) is 10.0. The van der Waals surface area contributed by atoms with Crippen LogP contribution in [0, 0.1) is 11.8 Å². The maximum absolute atomic E-state index is 12.3. The highest BCUT2D eigenvalue weighted by molar-refractivity contribution is 6.04. The fourth-order valence-electron chi connectivity index (χ4n) is 2.40. The summed E-state index contributed by atoms with van der Waals surface area (Å²) in [6.07, 6.45) is 4.08. The second-order valence-corrected chi connectivity index (χ2v) is 4.87. The molecule has 1 aliphatic rings. The van der Waals surface area contributed by atoms with Crippen LogP contribution in [-0.4, -0.2) is 17.8 Å². The third-order valence-electron chi connectivity index (χ3n) is 3.52. The molecule has 0 saturated carbocycles. The summed E-state index contributed by atoms with van der Waals surface area (Å²) in [4.78, 5) is 34.7. The number of carbonyl (C=O) groups excluding carboxylic acids is 3. The first kappa shape index (κ1) is 14.8. The summed E-state index contributed by atoms with van der Waals surface area (Å²) in [5.41, 5.74) is 5.70. The zero-order valence-electron chi connectivity index (χ0n) is 11.2. The number of hydrogen-bond donors (Lipinski definition) is 2. The van der Waals surface area contributed by atoms with Crippen molar-refractivity contribution in [2.45, 2.75) is 12.8 Å². The predicted octanol–water partition coefficient (Wildman–Crippen LogP) is 0.0563. The smallest absolute Gasteiger partial charge is 0.250 e. The van der Waals surface area contributed by atoms with Crippen molar-refractivity contribution in [3.63, 3.8) is 0 Å². The van der Waals surface area contributed by atoms with E-state index in [2.05, 4.69) is 5.32 Å². The van der Waals surface area contributed by atoms with E-state index in [1.54, 1.807) is 30.4 Å². The molecule has 0 bridgehead atoms. The highest BCUT2D eigenvalue weighted by Gasteiger charge is 2.30. The van der Waals surface area contributed by atoms with Crippen molar-refractivity contribution >= 4 is 23.5 Å². The summed E-state index contributed by atoms with van der Waals surface area (Å²) >= 11 is 0. The highest BCUT2D eigenvalue weighted by atomic mass is 16.4. The number of anilines is 1. The lowest BCUT2D eigenvalue weighted by Gasteiger charge is -2.28. The summed E-state index contributed by atoms with van der Waals surface area (Å²) in [6.45, 7) is 0. The first-order valence-corrected chi connectivity index (χ1v) is 6.56. The minimum absolute atomic E-state index is 0.183. The van der Waals surface area contributed by atoms with Crippen molar-refractivity contribution in [2.24, 2.45) is 17.6 Å². The van der Waals surface area contributed by atoms with Gasteiger partial charge < -0.3 is 21.0 Å². The number of rotatable bonds is 4. The molecule has 0 aliphatic heterocycles. The summed E-state index contributed by atoms with van der Waals surface area (Å²) < 4.78 is 0. The number of nitrogens with one attached hydrogen (secondary N) is 1. The van der Waals surface area contributed by atoms with Gasteiger partial charge >= 0.3 is 0 Å². The van der Waals surface area contributed by atoms with E-state index in [1.807, 2.05) is 0 Å². The number of carboxylic acid groups (broad SMARTS) is 1. The Bertz CT molecular complexity index is 609. The predicted molar refractivity (Wildman–Crippen MR) is 74.0 cm³/mol. The Hall–Kier alpha value is -2.63. The molecule has 6 nitrogen and oxygen atoms in total. The lowest BCUT2D eigenvalue weighted by molar-refractivity contribution is -0.313. The van der Waals surface area contributed by atoms with Gasteiger partial charge in [-0.25, -0.2) is 0 Å². The van der Waals surface area contributed by atoms with Crippen LogP contribution in [-0.2, 0) is 9.59 Å². The number of nitrogens with two attached hydrogens (primary N) is 1. The molecule has 1 aromatic carbocycles. The van der Waals surface area contributed by atoms with Gasteiger partial charge in [-0.1, -0.05) is 24.3 Å². The third kappa shape index (κ3) is 3.28. The molecule has 0 unspecified atom stereocenters. The summed E-state index contributed by atoms with van der Waals surface area (Å²) in [5.74, 6) is -3.95. The van der Waals surface area contributed by atoms with E-state index in [0.29, 0.717) is 6.42 Å². The monoisotopic (exact) mass is 287 g/mol. The maximum atomic E-state index is 12.3. The molecule has 21 heavy (non-hydrogen) atoms. The molecule has 0 saturated heterocycles. The molecule has 0 radical (unpaired) electrons. The molecule has 1 aliphatic carbocycles. The quantitative estimate of drug-likeness (QED) is 0.762. The summed E-state index contributed by atoms with van der Waals surface area (Å²) in [6, 6.07) is 6.32. The topological polar surface area (TPSA) is 112 Å². The van der Waals surface area contributed by atoms with Gasteiger partial charge in [-0.3, -0.25) is 9.59 Å². The van der Waals surface area contributed by atoms with Crippen molar-refractivity contribution in [3.05, 3.63) is 42.0 Å². The number of para-hydroxylation sites is 1. The van der Waals surface area contributed by atoms with Gasteiger partial charge in [-0.05, 0) is 25.0 Å². The molecule has 110 valence electrons. The molecule has 2 rings (SSSR count). The van der Waals surface area contributed by atoms with Gasteiger partial charge in [0.05, 0.1) is 17.2 Å². The van der Waals surface area contributed by atoms with Gasteiger partial charge in [-0.2, -0.15) is 0 Å². The third-order valence-corrected chi connectivity index (χ3v) is 3.52. The van der Waals surface area contributed by atoms with Gasteiger partial charge in [0.2, 0.25) is 5.91 Å². The van der Waals surface area contributed by atoms with E-state index >= 15 is 0 Å². The fraction of sp³-hybridized carbons (Fsp3) is 0.267. The van der Waals surface area contributed by atoms with Crippen LogP contribution in [0.3, 0.4) is 0 Å². The van der Waals surface area contributed by atoms with Gasteiger partial charge in [0, 0.05) is 11.9 Å². The molecule has 3 N–H and O–H groups in total. The van der Waals surface area contributed by atoms with Gasteiger partial charge in [0.15, 0.2) is 0 Å². The lowest BCUT2D eigenvalue weighted by atomic mass is 9.82. The molecule has 0 heterocycles. The fourth-order valence-corrected chi connectivity index (χ4v) is 2.40. The number of carboxylic acids is 1. The molecular weight excluding hydrogens is 272 g/mol. The lowest BCUT2D eigenvalue weighted by Crippen LogP contribution is -2.41. The number of allylic oxidation sites excluding steroid dienone is 2. The highest BCUT2D eigenvalue weighted by Crippen LogP contribution is 2.27. The molecule has 0 fully saturated rings. The number of carbonyl (C=O) groups is 3. The van der Waals surface area contributed by atoms with Crippen LogP contribution < -0.4 is 16.2 Å². The average molecular weight is 287 g/mol. The van der Waals surface area contributed by atoms with Gasteiger partial charge in [0.1, 0.15) is 0 Å². The SMILES string of the molecule is NC(=O)c1ccccc1NC(=O)[C@H]1CC=CC[C@@H]1C(=O)[O-]. The standard InChI is InChI=1S/C15H16N2O4/c16-13(18)11-7-3-4-8-12(11)17-14(19)9-5-1-2-6-10(9)15(20)21/h1-4,7-10H,5-6H2,(H2,16,18)(H,17,19)(H,20,21)/p-1/t9-,10-/m0/s1. The van der Waals surface area contributed by atoms with Gasteiger partial charge in [0.25, 0.3) is 5.91 Å². The molecule has 0 aromatic heterocycles. The van der Waals surface area contributed by atoms with E-state index in [-0.39, 0.29) is 17.7 Å². The van der Waals surface area contributed by atoms with Gasteiger partial charge in [-0.15, -0.1) is 0 Å². The Labute approximate surface area is 121 Å². The van der Waals surface area contributed by atoms with Crippen LogP contribution in [0.25, 0.3) is 0 Å². The molecule has 2 atom stereocenters. The maximum Gasteiger partial charge on any atom is 0.250 e. The van der Waals surface area contributed by atoms with E-state index in [1.165, 1.54) is 6.07 Å². The van der Waals surface area contributed by atoms with E-state index in [9.17, 15) is 19.5 Å². The molecule has 2 amide bonds. The number of benzene rings is 1. The number of amides is 2. The minimum atomic E-state index is -1.25. The van der Waals surface area contributed by atoms with E-state index < -0.39 is 29.6 Å². The first-order valence-electron chi connectivity index (χ1n) is 6.56. The van der Waals surface area contributed by atoms with Crippen LogP contribution in [0.5, 0.6) is 0 Å².